The molecule has 0 aliphatic heterocycles. The topological polar surface area (TPSA) is 0 Å². The van der Waals surface area contributed by atoms with Gasteiger partial charge < -0.3 is 24.8 Å². The third-order valence-corrected chi connectivity index (χ3v) is 1.96. The monoisotopic (exact) mass is 354 g/mol. The van der Waals surface area contributed by atoms with E-state index in [0.29, 0.717) is 0 Å². The van der Waals surface area contributed by atoms with Crippen LogP contribution in [0.1, 0.15) is 31.9 Å². The number of rotatable bonds is 3. The molecule has 0 atom stereocenters. The van der Waals surface area contributed by atoms with Crippen LogP contribution in [-0.2, 0) is 23.7 Å². The molecular formula is C12H17Cl3MgZn. The molecule has 1 rings (SSSR count). The Balaban J connectivity index is -0.000000160. The maximum absolute atomic E-state index is 4.76. The first-order chi connectivity index (χ1) is 6.72. The van der Waals surface area contributed by atoms with E-state index in [0.717, 1.165) is 23.2 Å². The molecule has 0 aromatic heterocycles. The molecule has 0 fully saturated rings. The second-order valence-electron chi connectivity index (χ2n) is 3.63. The fourth-order valence-corrected chi connectivity index (χ4v) is 1.32. The molecule has 0 spiro atoms. The van der Waals surface area contributed by atoms with Crippen LogP contribution >= 0.6 is 9.69 Å². The summed E-state index contributed by atoms with van der Waals surface area (Å²) in [7, 11) is 4.76. The quantitative estimate of drug-likeness (QED) is 0.425. The SMILES string of the molecule is C[CH-]c1ccc(CC(C)C)cc1.[Cl-].[Cl-].[Cl][Zn+].[Mg+2]. The van der Waals surface area contributed by atoms with Crippen LogP contribution in [0.15, 0.2) is 24.3 Å². The van der Waals surface area contributed by atoms with Crippen molar-refractivity contribution in [3.05, 3.63) is 41.8 Å². The second kappa shape index (κ2) is 17.3. The van der Waals surface area contributed by atoms with Gasteiger partial charge in [-0.15, -0.1) is 12.1 Å². The van der Waals surface area contributed by atoms with Gasteiger partial charge in [0.25, 0.3) is 0 Å². The summed E-state index contributed by atoms with van der Waals surface area (Å²) < 4.78 is 0. The van der Waals surface area contributed by atoms with Gasteiger partial charge in [0.15, 0.2) is 0 Å². The predicted molar refractivity (Wildman–Crippen MR) is 65.7 cm³/mol. The minimum Gasteiger partial charge on any atom is 2.00 e. The smallest absolute Gasteiger partial charge is 2.00 e. The second-order valence-corrected chi connectivity index (χ2v) is 3.63. The van der Waals surface area contributed by atoms with Gasteiger partial charge in [-0.25, -0.2) is 0 Å². The predicted octanol–water partition coefficient (Wildman–Crippen LogP) is -2.23. The summed E-state index contributed by atoms with van der Waals surface area (Å²) in [5, 5.41) is 0. The van der Waals surface area contributed by atoms with Crippen LogP contribution in [0.3, 0.4) is 0 Å². The Hall–Kier alpha value is 1.35. The zero-order valence-electron chi connectivity index (χ0n) is 10.7. The zero-order valence-corrected chi connectivity index (χ0v) is 17.4. The average molecular weight is 357 g/mol. The van der Waals surface area contributed by atoms with Crippen LogP contribution in [0.4, 0.5) is 0 Å². The Labute approximate surface area is 148 Å². The molecule has 17 heavy (non-hydrogen) atoms. The van der Waals surface area contributed by atoms with Gasteiger partial charge in [0.1, 0.15) is 0 Å². The van der Waals surface area contributed by atoms with Crippen LogP contribution in [0.25, 0.3) is 0 Å². The maximum Gasteiger partial charge on any atom is 2.00 e. The number of hydrogen-bond acceptors (Lipinski definition) is 0. The summed E-state index contributed by atoms with van der Waals surface area (Å²) in [6.45, 7) is 6.57. The summed E-state index contributed by atoms with van der Waals surface area (Å²) in [6.07, 6.45) is 3.31. The van der Waals surface area contributed by atoms with E-state index < -0.39 is 0 Å². The molecule has 0 radical (unpaired) electrons. The molecule has 0 saturated heterocycles. The normalized spacial score (nSPS) is 7.71. The van der Waals surface area contributed by atoms with Crippen molar-refractivity contribution < 1.29 is 42.1 Å². The Kier molecular flexibility index (Phi) is 27.4. The van der Waals surface area contributed by atoms with Gasteiger partial charge in [-0.3, -0.25) is 0 Å². The van der Waals surface area contributed by atoms with Gasteiger partial charge in [0.05, 0.1) is 0 Å². The first kappa shape index (κ1) is 26.8. The number of halogens is 3. The number of benzene rings is 1. The molecule has 0 N–H and O–H groups in total. The Morgan fingerprint density at radius 1 is 1.12 bits per heavy atom. The first-order valence-corrected chi connectivity index (χ1v) is 8.77. The van der Waals surface area contributed by atoms with Crippen LogP contribution in [-0.4, -0.2) is 23.1 Å². The van der Waals surface area contributed by atoms with Crippen molar-refractivity contribution in [1.82, 2.24) is 0 Å². The summed E-state index contributed by atoms with van der Waals surface area (Å²) in [4.78, 5) is 0. The first-order valence-electron chi connectivity index (χ1n) is 4.87. The molecule has 0 unspecified atom stereocenters. The Bertz CT molecular complexity index is 240. The molecule has 1 aromatic rings. The fraction of sp³-hybridized carbons (Fsp3) is 0.417. The summed E-state index contributed by atoms with van der Waals surface area (Å²) in [5.74, 6) is 0.751. The van der Waals surface area contributed by atoms with Crippen molar-refractivity contribution in [1.29, 1.82) is 0 Å². The molecule has 90 valence electrons. The molecule has 0 heterocycles. The molecule has 1 aromatic carbocycles. The van der Waals surface area contributed by atoms with E-state index in [1.54, 1.807) is 0 Å². The van der Waals surface area contributed by atoms with E-state index in [4.69, 9.17) is 9.69 Å². The molecule has 0 saturated carbocycles. The summed E-state index contributed by atoms with van der Waals surface area (Å²) in [6, 6.07) is 8.79. The summed E-state index contributed by atoms with van der Waals surface area (Å²) >= 11 is 0.847. The van der Waals surface area contributed by atoms with E-state index in [2.05, 4.69) is 51.5 Å². The molecule has 0 aliphatic rings. The Morgan fingerprint density at radius 3 is 1.82 bits per heavy atom. The third-order valence-electron chi connectivity index (χ3n) is 1.96. The van der Waals surface area contributed by atoms with Crippen molar-refractivity contribution in [3.63, 3.8) is 0 Å². The molecular weight excluding hydrogens is 340 g/mol. The van der Waals surface area contributed by atoms with E-state index in [1.807, 2.05) is 0 Å². The van der Waals surface area contributed by atoms with E-state index in [1.165, 1.54) is 17.5 Å². The van der Waals surface area contributed by atoms with Crippen molar-refractivity contribution in [2.75, 3.05) is 0 Å². The molecule has 0 nitrogen and oxygen atoms in total. The van der Waals surface area contributed by atoms with Crippen molar-refractivity contribution in [2.24, 2.45) is 5.92 Å². The van der Waals surface area contributed by atoms with Gasteiger partial charge in [-0.1, -0.05) is 26.3 Å². The van der Waals surface area contributed by atoms with Gasteiger partial charge in [0.2, 0.25) is 0 Å². The number of hydrogen-bond donors (Lipinski definition) is 0. The fourth-order valence-electron chi connectivity index (χ4n) is 1.32. The molecule has 0 aliphatic carbocycles. The van der Waals surface area contributed by atoms with Crippen molar-refractivity contribution >= 4 is 32.7 Å². The average Bonchev–Trinajstić information content (AvgIpc) is 2.21. The largest absolute Gasteiger partial charge is 2.00 e. The van der Waals surface area contributed by atoms with Gasteiger partial charge in [-0.05, 0) is 12.3 Å². The zero-order chi connectivity index (χ0) is 11.0. The third kappa shape index (κ3) is 13.6. The van der Waals surface area contributed by atoms with E-state index in [9.17, 15) is 0 Å². The summed E-state index contributed by atoms with van der Waals surface area (Å²) in [5.41, 5.74) is 2.75. The maximum atomic E-state index is 4.76. The molecule has 0 amide bonds. The van der Waals surface area contributed by atoms with Crippen LogP contribution in [0.2, 0.25) is 0 Å². The van der Waals surface area contributed by atoms with Crippen LogP contribution in [0, 0.1) is 12.3 Å². The van der Waals surface area contributed by atoms with E-state index in [-0.39, 0.29) is 47.9 Å². The molecule has 0 bridgehead atoms. The van der Waals surface area contributed by atoms with Gasteiger partial charge in [0, 0.05) is 0 Å². The standard InChI is InChI=1S/C12H17.3ClH.Mg.Zn/c1-4-11-5-7-12(8-6-11)9-10(2)3;;;;;/h4-8,10H,9H2,1-3H3;3*1H;;/q-1;;;;2*+2/p-3. The van der Waals surface area contributed by atoms with Gasteiger partial charge in [-0.2, -0.15) is 24.1 Å². The van der Waals surface area contributed by atoms with Gasteiger partial charge >= 0.3 is 50.1 Å². The van der Waals surface area contributed by atoms with Crippen LogP contribution in [0.5, 0.6) is 0 Å². The van der Waals surface area contributed by atoms with E-state index >= 15 is 0 Å². The Morgan fingerprint density at radius 2 is 1.53 bits per heavy atom. The van der Waals surface area contributed by atoms with Crippen LogP contribution < -0.4 is 24.8 Å². The minimum absolute atomic E-state index is 0. The van der Waals surface area contributed by atoms with Crippen molar-refractivity contribution in [3.8, 4) is 0 Å². The molecule has 5 heteroatoms. The minimum atomic E-state index is 0. The van der Waals surface area contributed by atoms with Crippen molar-refractivity contribution in [2.45, 2.75) is 27.2 Å².